The number of benzene rings is 1. The second-order valence-electron chi connectivity index (χ2n) is 10.6. The van der Waals surface area contributed by atoms with E-state index in [0.717, 1.165) is 87.2 Å². The van der Waals surface area contributed by atoms with Crippen LogP contribution in [0.2, 0.25) is 0 Å². The van der Waals surface area contributed by atoms with Crippen LogP contribution in [0.25, 0.3) is 10.2 Å². The second kappa shape index (κ2) is 20.7. The van der Waals surface area contributed by atoms with Crippen LogP contribution < -0.4 is 20.7 Å². The highest BCUT2D eigenvalue weighted by Gasteiger charge is 2.11. The molecule has 0 spiro atoms. The highest BCUT2D eigenvalue weighted by molar-refractivity contribution is 8.01. The van der Waals surface area contributed by atoms with E-state index >= 15 is 0 Å². The van der Waals surface area contributed by atoms with E-state index < -0.39 is 10.0 Å². The molecule has 0 unspecified atom stereocenters. The van der Waals surface area contributed by atoms with Gasteiger partial charge < -0.3 is 25.8 Å². The van der Waals surface area contributed by atoms with Gasteiger partial charge in [0.05, 0.1) is 16.0 Å². The smallest absolute Gasteiger partial charge is 0.229 e. The fourth-order valence-corrected chi connectivity index (χ4v) is 7.90. The zero-order valence-electron chi connectivity index (χ0n) is 27.3. The lowest BCUT2D eigenvalue weighted by Crippen LogP contribution is -2.31. The third-order valence-electron chi connectivity index (χ3n) is 7.33. The van der Waals surface area contributed by atoms with Crippen molar-refractivity contribution < 1.29 is 8.42 Å². The molecular weight excluding hydrogens is 629 g/mol. The molecule has 0 atom stereocenters. The SMILES string of the molecule is CCN(CC)CCCNc1nc(NCCCN(CC)CC)nc(NCCNS(=O)(=O)CCCCSc2nc3ccccc3s2)n1. The van der Waals surface area contributed by atoms with Gasteiger partial charge in [-0.2, -0.15) is 15.0 Å². The number of hydrogen-bond acceptors (Lipinski definition) is 13. The Hall–Kier alpha value is -2.30. The number of sulfonamides is 1. The van der Waals surface area contributed by atoms with Gasteiger partial charge >= 0.3 is 0 Å². The Morgan fingerprint density at radius 1 is 0.711 bits per heavy atom. The van der Waals surface area contributed by atoms with Crippen molar-refractivity contribution in [3.05, 3.63) is 24.3 Å². The van der Waals surface area contributed by atoms with E-state index in [2.05, 4.69) is 84.2 Å². The molecule has 0 saturated carbocycles. The van der Waals surface area contributed by atoms with Gasteiger partial charge in [-0.1, -0.05) is 51.6 Å². The number of aromatic nitrogens is 4. The van der Waals surface area contributed by atoms with Crippen LogP contribution in [0, 0.1) is 0 Å². The molecule has 3 rings (SSSR count). The van der Waals surface area contributed by atoms with Gasteiger partial charge in [0.2, 0.25) is 27.9 Å². The monoisotopic (exact) mass is 680 g/mol. The summed E-state index contributed by atoms with van der Waals surface area (Å²) in [5.41, 5.74) is 1.01. The number of thiazole rings is 1. The minimum atomic E-state index is -3.37. The summed E-state index contributed by atoms with van der Waals surface area (Å²) in [6.07, 6.45) is 3.36. The van der Waals surface area contributed by atoms with Crippen molar-refractivity contribution in [3.63, 3.8) is 0 Å². The van der Waals surface area contributed by atoms with Crippen molar-refractivity contribution in [1.29, 1.82) is 0 Å². The van der Waals surface area contributed by atoms with Crippen molar-refractivity contribution in [3.8, 4) is 0 Å². The molecular formula is C30H52N10O2S3. The van der Waals surface area contributed by atoms with Gasteiger partial charge in [0.1, 0.15) is 0 Å². The van der Waals surface area contributed by atoms with Crippen LogP contribution in [0.5, 0.6) is 0 Å². The van der Waals surface area contributed by atoms with Crippen LogP contribution in [-0.2, 0) is 10.0 Å². The Labute approximate surface area is 278 Å². The maximum Gasteiger partial charge on any atom is 0.229 e. The van der Waals surface area contributed by atoms with Gasteiger partial charge in [0.15, 0.2) is 4.34 Å². The summed E-state index contributed by atoms with van der Waals surface area (Å²) in [6, 6.07) is 8.09. The van der Waals surface area contributed by atoms with Crippen molar-refractivity contribution in [2.45, 2.75) is 57.7 Å². The van der Waals surface area contributed by atoms with E-state index in [1.165, 1.54) is 4.70 Å². The van der Waals surface area contributed by atoms with Crippen LogP contribution in [0.4, 0.5) is 17.8 Å². The van der Waals surface area contributed by atoms with Crippen molar-refractivity contribution in [1.82, 2.24) is 34.5 Å². The van der Waals surface area contributed by atoms with Crippen LogP contribution in [-0.4, -0.2) is 115 Å². The van der Waals surface area contributed by atoms with Crippen molar-refractivity contribution in [2.24, 2.45) is 0 Å². The van der Waals surface area contributed by atoms with E-state index in [1.54, 1.807) is 23.1 Å². The summed E-state index contributed by atoms with van der Waals surface area (Å²) in [4.78, 5) is 23.0. The zero-order valence-corrected chi connectivity index (χ0v) is 29.8. The molecule has 0 fully saturated rings. The number of anilines is 3. The molecule has 0 bridgehead atoms. The van der Waals surface area contributed by atoms with Gasteiger partial charge in [0, 0.05) is 31.9 Å². The van der Waals surface area contributed by atoms with Gasteiger partial charge in [-0.3, -0.25) is 0 Å². The first kappa shape index (κ1) is 37.2. The van der Waals surface area contributed by atoms with E-state index in [9.17, 15) is 8.42 Å². The molecule has 2 heterocycles. The summed E-state index contributed by atoms with van der Waals surface area (Å²) in [5.74, 6) is 2.36. The number of hydrogen-bond donors (Lipinski definition) is 4. The Morgan fingerprint density at radius 3 is 1.82 bits per heavy atom. The average molecular weight is 681 g/mol. The third kappa shape index (κ3) is 14.3. The molecule has 0 aliphatic carbocycles. The first-order chi connectivity index (χ1) is 21.9. The van der Waals surface area contributed by atoms with E-state index in [4.69, 9.17) is 0 Å². The summed E-state index contributed by atoms with van der Waals surface area (Å²) in [7, 11) is -3.37. The number of thioether (sulfide) groups is 1. The summed E-state index contributed by atoms with van der Waals surface area (Å²) in [6.45, 7) is 16.9. The van der Waals surface area contributed by atoms with Gasteiger partial charge in [0.25, 0.3) is 0 Å². The van der Waals surface area contributed by atoms with Crippen molar-refractivity contribution in [2.75, 3.05) is 92.9 Å². The molecule has 45 heavy (non-hydrogen) atoms. The Morgan fingerprint density at radius 2 is 1.27 bits per heavy atom. The molecule has 0 saturated heterocycles. The molecule has 15 heteroatoms. The number of rotatable bonds is 25. The highest BCUT2D eigenvalue weighted by Crippen LogP contribution is 2.29. The number of nitrogens with zero attached hydrogens (tertiary/aromatic N) is 6. The molecule has 3 aromatic rings. The van der Waals surface area contributed by atoms with Crippen LogP contribution in [0.15, 0.2) is 28.6 Å². The first-order valence-electron chi connectivity index (χ1n) is 16.2. The molecule has 1 aromatic carbocycles. The molecule has 252 valence electrons. The average Bonchev–Trinajstić information content (AvgIpc) is 3.46. The van der Waals surface area contributed by atoms with Gasteiger partial charge in [-0.15, -0.1) is 11.3 Å². The normalized spacial score (nSPS) is 12.0. The maximum absolute atomic E-state index is 12.6. The first-order valence-corrected chi connectivity index (χ1v) is 19.7. The van der Waals surface area contributed by atoms with Gasteiger partial charge in [-0.05, 0) is 77.1 Å². The summed E-state index contributed by atoms with van der Waals surface area (Å²) < 4.78 is 30.0. The van der Waals surface area contributed by atoms with Crippen LogP contribution >= 0.6 is 23.1 Å². The lowest BCUT2D eigenvalue weighted by atomic mass is 10.3. The molecule has 2 aromatic heterocycles. The zero-order chi connectivity index (χ0) is 32.3. The third-order valence-corrected chi connectivity index (χ3v) is 11.1. The van der Waals surface area contributed by atoms with E-state index in [0.29, 0.717) is 30.8 Å². The molecule has 0 radical (unpaired) electrons. The largest absolute Gasteiger partial charge is 0.354 e. The summed E-state index contributed by atoms with van der Waals surface area (Å²) in [5, 5.41) is 9.82. The van der Waals surface area contributed by atoms with Crippen LogP contribution in [0.3, 0.4) is 0 Å². The summed E-state index contributed by atoms with van der Waals surface area (Å²) >= 11 is 3.36. The lowest BCUT2D eigenvalue weighted by molar-refractivity contribution is 0.303. The standard InChI is InChI=1S/C30H52N10O2S3/c1-5-39(6-2)21-13-17-31-27-36-28(32-18-14-22-40(7-3)8-4)38-29(37-27)33-19-20-34-45(41,42)24-12-11-23-43-30-35-25-15-9-10-16-26(25)44-30/h9-10,15-16,34H,5-8,11-14,17-24H2,1-4H3,(H3,31,32,33,36,37,38). The fraction of sp³-hybridized carbons (Fsp3) is 0.667. The fourth-order valence-electron chi connectivity index (χ4n) is 4.62. The molecule has 12 nitrogen and oxygen atoms in total. The molecule has 0 aliphatic rings. The second-order valence-corrected chi connectivity index (χ2v) is 14.9. The number of fused-ring (bicyclic) bond motifs is 1. The predicted molar refractivity (Wildman–Crippen MR) is 191 cm³/mol. The lowest BCUT2D eigenvalue weighted by Gasteiger charge is -2.18. The van der Waals surface area contributed by atoms with E-state index in [-0.39, 0.29) is 12.3 Å². The molecule has 0 aliphatic heterocycles. The Bertz CT molecular complexity index is 1280. The maximum atomic E-state index is 12.6. The number of unbranched alkanes of at least 4 members (excludes halogenated alkanes) is 1. The Balaban J connectivity index is 1.41. The van der Waals surface area contributed by atoms with E-state index in [1.807, 2.05) is 18.2 Å². The quantitative estimate of drug-likeness (QED) is 0.0730. The highest BCUT2D eigenvalue weighted by atomic mass is 32.2. The molecule has 0 amide bonds. The number of nitrogens with one attached hydrogen (secondary N) is 4. The van der Waals surface area contributed by atoms with Crippen LogP contribution in [0.1, 0.15) is 53.4 Å². The minimum absolute atomic E-state index is 0.0995. The minimum Gasteiger partial charge on any atom is -0.354 e. The molecule has 4 N–H and O–H groups in total. The van der Waals surface area contributed by atoms with Crippen molar-refractivity contribution >= 4 is 61.2 Å². The predicted octanol–water partition coefficient (Wildman–Crippen LogP) is 4.67. The topological polar surface area (TPSA) is 140 Å². The van der Waals surface area contributed by atoms with Gasteiger partial charge in [-0.25, -0.2) is 18.1 Å². The Kier molecular flexibility index (Phi) is 17.1. The number of para-hydroxylation sites is 1.